The summed E-state index contributed by atoms with van der Waals surface area (Å²) in [6, 6.07) is 7.69. The molecular formula is C16H19N3O2. The van der Waals surface area contributed by atoms with Crippen LogP contribution in [-0.2, 0) is 4.74 Å². The van der Waals surface area contributed by atoms with Gasteiger partial charge in [-0.2, -0.15) is 0 Å². The van der Waals surface area contributed by atoms with E-state index in [-0.39, 0.29) is 5.69 Å². The van der Waals surface area contributed by atoms with Crippen molar-refractivity contribution in [2.24, 2.45) is 5.92 Å². The summed E-state index contributed by atoms with van der Waals surface area (Å²) in [6.45, 7) is 2.95. The van der Waals surface area contributed by atoms with E-state index in [4.69, 9.17) is 4.74 Å². The molecule has 5 nitrogen and oxygen atoms in total. The molecule has 1 aromatic heterocycles. The first-order chi connectivity index (χ1) is 10.3. The van der Waals surface area contributed by atoms with E-state index < -0.39 is 5.97 Å². The Labute approximate surface area is 123 Å². The van der Waals surface area contributed by atoms with Crippen LogP contribution >= 0.6 is 0 Å². The maximum absolute atomic E-state index is 12.1. The number of benzene rings is 1. The van der Waals surface area contributed by atoms with Gasteiger partial charge in [-0.3, -0.25) is 0 Å². The maximum Gasteiger partial charge on any atom is 0.361 e. The zero-order valence-corrected chi connectivity index (χ0v) is 12.1. The normalized spacial score (nSPS) is 14.1. The van der Waals surface area contributed by atoms with Crippen LogP contribution < -0.4 is 5.32 Å². The molecule has 0 radical (unpaired) electrons. The van der Waals surface area contributed by atoms with Crippen molar-refractivity contribution < 1.29 is 9.53 Å². The zero-order chi connectivity index (χ0) is 14.7. The molecule has 0 unspecified atom stereocenters. The van der Waals surface area contributed by atoms with Crippen LogP contribution in [0.5, 0.6) is 0 Å². The van der Waals surface area contributed by atoms with Crippen LogP contribution in [0.4, 0.5) is 5.69 Å². The first-order valence-electron chi connectivity index (χ1n) is 7.46. The van der Waals surface area contributed by atoms with Gasteiger partial charge in [0.25, 0.3) is 0 Å². The van der Waals surface area contributed by atoms with Crippen LogP contribution in [0, 0.1) is 5.92 Å². The van der Waals surface area contributed by atoms with Gasteiger partial charge in [-0.1, -0.05) is 31.0 Å². The molecule has 21 heavy (non-hydrogen) atoms. The number of esters is 1. The average molecular weight is 285 g/mol. The highest BCUT2D eigenvalue weighted by molar-refractivity contribution is 6.03. The summed E-state index contributed by atoms with van der Waals surface area (Å²) in [5.41, 5.74) is 1.78. The number of carbonyl (C=O) groups excluding carboxylic acids is 1. The van der Waals surface area contributed by atoms with Gasteiger partial charge in [0.15, 0.2) is 5.69 Å². The molecule has 0 amide bonds. The average Bonchev–Trinajstić information content (AvgIpc) is 3.32. The second kappa shape index (κ2) is 6.08. The highest BCUT2D eigenvalue weighted by Gasteiger charge is 2.22. The highest BCUT2D eigenvalue weighted by Crippen LogP contribution is 2.32. The topological polar surface area (TPSA) is 64.1 Å². The fourth-order valence-electron chi connectivity index (χ4n) is 2.38. The number of hydrogen-bond donors (Lipinski definition) is 1. The van der Waals surface area contributed by atoms with Gasteiger partial charge in [-0.25, -0.2) is 4.79 Å². The van der Waals surface area contributed by atoms with E-state index in [1.165, 1.54) is 12.8 Å². The molecule has 3 rings (SSSR count). The first-order valence-corrected chi connectivity index (χ1v) is 7.46. The van der Waals surface area contributed by atoms with Crippen LogP contribution in [0.15, 0.2) is 24.3 Å². The minimum absolute atomic E-state index is 0.270. The molecule has 1 N–H and O–H groups in total. The third kappa shape index (κ3) is 3.12. The van der Waals surface area contributed by atoms with Crippen molar-refractivity contribution in [2.75, 3.05) is 18.5 Å². The molecule has 1 aliphatic rings. The number of aromatic nitrogens is 2. The van der Waals surface area contributed by atoms with Gasteiger partial charge in [-0.15, -0.1) is 10.2 Å². The summed E-state index contributed by atoms with van der Waals surface area (Å²) in [4.78, 5) is 12.1. The fourth-order valence-corrected chi connectivity index (χ4v) is 2.38. The molecular weight excluding hydrogens is 266 g/mol. The molecule has 0 saturated heterocycles. The van der Waals surface area contributed by atoms with Crippen molar-refractivity contribution in [2.45, 2.75) is 26.2 Å². The Morgan fingerprint density at radius 1 is 1.33 bits per heavy atom. The summed E-state index contributed by atoms with van der Waals surface area (Å²) < 4.78 is 5.08. The smallest absolute Gasteiger partial charge is 0.361 e. The van der Waals surface area contributed by atoms with Crippen molar-refractivity contribution >= 4 is 22.6 Å². The standard InChI is InChI=1S/C16H19N3O2/c1-2-21-16(20)15-14(17-10-9-11-7-8-11)12-5-3-4-6-13(12)18-19-15/h3-6,11H,2,7-10H2,1H3,(H,17,18). The predicted octanol–water partition coefficient (Wildman–Crippen LogP) is 3.02. The Balaban J connectivity index is 1.92. The van der Waals surface area contributed by atoms with Gasteiger partial charge in [0, 0.05) is 11.9 Å². The highest BCUT2D eigenvalue weighted by atomic mass is 16.5. The van der Waals surface area contributed by atoms with Gasteiger partial charge in [0.05, 0.1) is 17.8 Å². The van der Waals surface area contributed by atoms with E-state index in [1.807, 2.05) is 24.3 Å². The summed E-state index contributed by atoms with van der Waals surface area (Å²) >= 11 is 0. The third-order valence-corrected chi connectivity index (χ3v) is 3.69. The molecule has 1 saturated carbocycles. The SMILES string of the molecule is CCOC(=O)c1nnc2ccccc2c1NCCC1CC1. The molecule has 0 spiro atoms. The second-order valence-corrected chi connectivity index (χ2v) is 5.32. The van der Waals surface area contributed by atoms with E-state index in [0.717, 1.165) is 35.5 Å². The lowest BCUT2D eigenvalue weighted by Crippen LogP contribution is -2.14. The van der Waals surface area contributed by atoms with Gasteiger partial charge in [0.1, 0.15) is 0 Å². The quantitative estimate of drug-likeness (QED) is 0.826. The molecule has 5 heteroatoms. The number of anilines is 1. The number of carbonyl (C=O) groups is 1. The Morgan fingerprint density at radius 2 is 2.14 bits per heavy atom. The Kier molecular flexibility index (Phi) is 3.99. The Hall–Kier alpha value is -2.17. The molecule has 1 heterocycles. The number of nitrogens with one attached hydrogen (secondary N) is 1. The fraction of sp³-hybridized carbons (Fsp3) is 0.438. The van der Waals surface area contributed by atoms with Crippen LogP contribution in [-0.4, -0.2) is 29.3 Å². The Morgan fingerprint density at radius 3 is 2.90 bits per heavy atom. The molecule has 1 aliphatic carbocycles. The number of fused-ring (bicyclic) bond motifs is 1. The van der Waals surface area contributed by atoms with E-state index in [2.05, 4.69) is 15.5 Å². The summed E-state index contributed by atoms with van der Waals surface area (Å²) in [7, 11) is 0. The van der Waals surface area contributed by atoms with E-state index in [9.17, 15) is 4.79 Å². The van der Waals surface area contributed by atoms with Gasteiger partial charge >= 0.3 is 5.97 Å². The lowest BCUT2D eigenvalue weighted by Gasteiger charge is -2.12. The van der Waals surface area contributed by atoms with Crippen molar-refractivity contribution in [1.82, 2.24) is 10.2 Å². The third-order valence-electron chi connectivity index (χ3n) is 3.69. The van der Waals surface area contributed by atoms with Crippen LogP contribution in [0.2, 0.25) is 0 Å². The summed E-state index contributed by atoms with van der Waals surface area (Å²) in [5.74, 6) is 0.411. The van der Waals surface area contributed by atoms with E-state index in [0.29, 0.717) is 6.61 Å². The molecule has 2 aromatic rings. The molecule has 0 bridgehead atoms. The number of rotatable bonds is 6. The summed E-state index contributed by atoms with van der Waals surface area (Å²) in [5, 5.41) is 12.4. The largest absolute Gasteiger partial charge is 0.461 e. The Bertz CT molecular complexity index is 653. The molecule has 110 valence electrons. The van der Waals surface area contributed by atoms with Crippen molar-refractivity contribution in [3.05, 3.63) is 30.0 Å². The van der Waals surface area contributed by atoms with Crippen LogP contribution in [0.25, 0.3) is 10.9 Å². The maximum atomic E-state index is 12.1. The van der Waals surface area contributed by atoms with Crippen molar-refractivity contribution in [1.29, 1.82) is 0 Å². The van der Waals surface area contributed by atoms with Crippen molar-refractivity contribution in [3.8, 4) is 0 Å². The zero-order valence-electron chi connectivity index (χ0n) is 12.1. The molecule has 1 fully saturated rings. The number of hydrogen-bond acceptors (Lipinski definition) is 5. The number of ether oxygens (including phenoxy) is 1. The lowest BCUT2D eigenvalue weighted by atomic mass is 10.1. The molecule has 1 aromatic carbocycles. The minimum Gasteiger partial charge on any atom is -0.461 e. The summed E-state index contributed by atoms with van der Waals surface area (Å²) in [6.07, 6.45) is 3.77. The molecule has 0 aliphatic heterocycles. The van der Waals surface area contributed by atoms with Gasteiger partial charge < -0.3 is 10.1 Å². The first kappa shape index (κ1) is 13.8. The van der Waals surface area contributed by atoms with E-state index >= 15 is 0 Å². The van der Waals surface area contributed by atoms with Gasteiger partial charge in [-0.05, 0) is 25.3 Å². The van der Waals surface area contributed by atoms with Crippen LogP contribution in [0.1, 0.15) is 36.7 Å². The predicted molar refractivity (Wildman–Crippen MR) is 81.3 cm³/mol. The van der Waals surface area contributed by atoms with Crippen molar-refractivity contribution in [3.63, 3.8) is 0 Å². The monoisotopic (exact) mass is 285 g/mol. The second-order valence-electron chi connectivity index (χ2n) is 5.32. The number of nitrogens with zero attached hydrogens (tertiary/aromatic N) is 2. The van der Waals surface area contributed by atoms with Gasteiger partial charge in [0.2, 0.25) is 0 Å². The minimum atomic E-state index is -0.426. The van der Waals surface area contributed by atoms with Crippen LogP contribution in [0.3, 0.4) is 0 Å². The molecule has 0 atom stereocenters. The lowest BCUT2D eigenvalue weighted by molar-refractivity contribution is 0.0519. The van der Waals surface area contributed by atoms with E-state index in [1.54, 1.807) is 6.92 Å².